The summed E-state index contributed by atoms with van der Waals surface area (Å²) in [6, 6.07) is 6.19. The Hall–Kier alpha value is -1.91. The van der Waals surface area contributed by atoms with Gasteiger partial charge in [-0.2, -0.15) is 0 Å². The van der Waals surface area contributed by atoms with Crippen LogP contribution in [0.1, 0.15) is 24.8 Å². The minimum absolute atomic E-state index is 0.0725. The fraction of sp³-hybridized carbons (Fsp3) is 0.533. The van der Waals surface area contributed by atoms with Gasteiger partial charge >= 0.3 is 6.03 Å². The van der Waals surface area contributed by atoms with E-state index in [2.05, 4.69) is 17.4 Å². The van der Waals surface area contributed by atoms with E-state index in [0.717, 1.165) is 43.9 Å². The third kappa shape index (κ3) is 1.88. The number of benzene rings is 1. The zero-order chi connectivity index (χ0) is 13.6. The van der Waals surface area contributed by atoms with Gasteiger partial charge in [0.2, 0.25) is 6.79 Å². The zero-order valence-corrected chi connectivity index (χ0v) is 11.4. The Morgan fingerprint density at radius 3 is 2.75 bits per heavy atom. The van der Waals surface area contributed by atoms with E-state index >= 15 is 0 Å². The van der Waals surface area contributed by atoms with Crippen LogP contribution in [0.5, 0.6) is 11.5 Å². The number of hydrogen-bond donors (Lipinski definition) is 1. The molecular weight excluding hydrogens is 256 g/mol. The molecule has 0 atom stereocenters. The first kappa shape index (κ1) is 11.9. The average molecular weight is 274 g/mol. The summed E-state index contributed by atoms with van der Waals surface area (Å²) < 4.78 is 10.8. The number of nitrogens with zero attached hydrogens (tertiary/aromatic N) is 1. The molecular formula is C15H18N2O3. The molecule has 0 unspecified atom stereocenters. The average Bonchev–Trinajstić information content (AvgIpc) is 3.04. The van der Waals surface area contributed by atoms with Crippen LogP contribution < -0.4 is 14.8 Å². The van der Waals surface area contributed by atoms with Gasteiger partial charge in [0.1, 0.15) is 0 Å². The second kappa shape index (κ2) is 4.30. The van der Waals surface area contributed by atoms with E-state index in [9.17, 15) is 4.79 Å². The van der Waals surface area contributed by atoms with Crippen molar-refractivity contribution in [3.63, 3.8) is 0 Å². The quantitative estimate of drug-likeness (QED) is 0.915. The van der Waals surface area contributed by atoms with Crippen molar-refractivity contribution in [2.24, 2.45) is 0 Å². The summed E-state index contributed by atoms with van der Waals surface area (Å²) in [5, 5.41) is 3.07. The highest BCUT2D eigenvalue weighted by atomic mass is 16.7. The molecule has 0 aromatic heterocycles. The molecule has 0 bridgehead atoms. The topological polar surface area (TPSA) is 50.8 Å². The Morgan fingerprint density at radius 1 is 1.25 bits per heavy atom. The molecule has 20 heavy (non-hydrogen) atoms. The maximum atomic E-state index is 11.9. The number of likely N-dealkylation sites (tertiary alicyclic amines) is 1. The summed E-state index contributed by atoms with van der Waals surface area (Å²) in [7, 11) is 0. The smallest absolute Gasteiger partial charge is 0.317 e. The van der Waals surface area contributed by atoms with Crippen molar-refractivity contribution in [2.75, 3.05) is 26.4 Å². The van der Waals surface area contributed by atoms with Crippen LogP contribution >= 0.6 is 0 Å². The number of hydrogen-bond acceptors (Lipinski definition) is 3. The highest BCUT2D eigenvalue weighted by molar-refractivity contribution is 5.75. The summed E-state index contributed by atoms with van der Waals surface area (Å²) in [5.41, 5.74) is 1.34. The van der Waals surface area contributed by atoms with Crippen LogP contribution in [0.25, 0.3) is 0 Å². The lowest BCUT2D eigenvalue weighted by atomic mass is 9.95. The van der Waals surface area contributed by atoms with Gasteiger partial charge in [0, 0.05) is 25.0 Å². The van der Waals surface area contributed by atoms with E-state index in [1.54, 1.807) is 0 Å². The Labute approximate surface area is 117 Å². The summed E-state index contributed by atoms with van der Waals surface area (Å²) in [6.07, 6.45) is 3.36. The van der Waals surface area contributed by atoms with Crippen LogP contribution in [0, 0.1) is 0 Å². The number of urea groups is 1. The number of nitrogens with one attached hydrogen (secondary N) is 1. The zero-order valence-electron chi connectivity index (χ0n) is 11.4. The van der Waals surface area contributed by atoms with Crippen molar-refractivity contribution < 1.29 is 14.3 Å². The number of ether oxygens (including phenoxy) is 2. The van der Waals surface area contributed by atoms with Crippen LogP contribution in [0.4, 0.5) is 4.79 Å². The molecule has 2 amide bonds. The molecule has 5 nitrogen and oxygen atoms in total. The highest BCUT2D eigenvalue weighted by Crippen LogP contribution is 2.49. The first-order valence-electron chi connectivity index (χ1n) is 7.20. The van der Waals surface area contributed by atoms with Gasteiger partial charge in [-0.1, -0.05) is 6.07 Å². The number of rotatable bonds is 3. The van der Waals surface area contributed by atoms with Gasteiger partial charge in [0.05, 0.1) is 0 Å². The van der Waals surface area contributed by atoms with Gasteiger partial charge in [-0.05, 0) is 37.0 Å². The summed E-state index contributed by atoms with van der Waals surface area (Å²) in [5.74, 6) is 1.64. The third-order valence-corrected chi connectivity index (χ3v) is 4.56. The number of amides is 2. The maximum absolute atomic E-state index is 11.9. The van der Waals surface area contributed by atoms with Crippen molar-refractivity contribution in [1.82, 2.24) is 10.2 Å². The lowest BCUT2D eigenvalue weighted by Gasteiger charge is -2.31. The third-order valence-electron chi connectivity index (χ3n) is 4.56. The second-order valence-corrected chi connectivity index (χ2v) is 5.85. The minimum atomic E-state index is 0.0725. The molecule has 1 saturated heterocycles. The molecule has 5 heteroatoms. The lowest BCUT2D eigenvalue weighted by molar-refractivity contribution is 0.166. The van der Waals surface area contributed by atoms with Gasteiger partial charge in [-0.25, -0.2) is 4.79 Å². The molecule has 0 radical (unpaired) electrons. The Bertz CT molecular complexity index is 550. The van der Waals surface area contributed by atoms with Crippen LogP contribution in [0.3, 0.4) is 0 Å². The molecule has 1 aliphatic carbocycles. The van der Waals surface area contributed by atoms with Gasteiger partial charge in [0.25, 0.3) is 0 Å². The first-order valence-corrected chi connectivity index (χ1v) is 7.20. The predicted octanol–water partition coefficient (Wildman–Crippen LogP) is 1.86. The van der Waals surface area contributed by atoms with Crippen molar-refractivity contribution in [1.29, 1.82) is 0 Å². The highest BCUT2D eigenvalue weighted by Gasteiger charge is 2.45. The molecule has 1 aromatic carbocycles. The molecule has 1 aromatic rings. The number of fused-ring (bicyclic) bond motifs is 1. The van der Waals surface area contributed by atoms with Gasteiger partial charge < -0.3 is 19.7 Å². The Balaban J connectivity index is 1.45. The maximum Gasteiger partial charge on any atom is 0.317 e. The van der Waals surface area contributed by atoms with Crippen molar-refractivity contribution in [3.8, 4) is 11.5 Å². The second-order valence-electron chi connectivity index (χ2n) is 5.85. The lowest BCUT2D eigenvalue weighted by Crippen LogP contribution is -2.49. The molecule has 2 fully saturated rings. The van der Waals surface area contributed by atoms with E-state index in [0.29, 0.717) is 13.3 Å². The van der Waals surface area contributed by atoms with Gasteiger partial charge in [0.15, 0.2) is 11.5 Å². The van der Waals surface area contributed by atoms with E-state index in [1.165, 1.54) is 5.56 Å². The van der Waals surface area contributed by atoms with Crippen molar-refractivity contribution >= 4 is 6.03 Å². The largest absolute Gasteiger partial charge is 0.454 e. The SMILES string of the molecule is O=C(NCC1(c2ccc3c(c2)OCO3)CC1)N1CCC1. The summed E-state index contributed by atoms with van der Waals surface area (Å²) in [6.45, 7) is 2.80. The molecule has 2 aliphatic heterocycles. The van der Waals surface area contributed by atoms with E-state index in [-0.39, 0.29) is 11.4 Å². The molecule has 3 aliphatic rings. The van der Waals surface area contributed by atoms with E-state index in [1.807, 2.05) is 11.0 Å². The Morgan fingerprint density at radius 2 is 2.05 bits per heavy atom. The van der Waals surface area contributed by atoms with Crippen molar-refractivity contribution in [3.05, 3.63) is 23.8 Å². The van der Waals surface area contributed by atoms with Crippen LogP contribution in [-0.2, 0) is 5.41 Å². The van der Waals surface area contributed by atoms with E-state index < -0.39 is 0 Å². The molecule has 0 spiro atoms. The van der Waals surface area contributed by atoms with Gasteiger partial charge in [-0.15, -0.1) is 0 Å². The normalized spacial score (nSPS) is 21.3. The van der Waals surface area contributed by atoms with Crippen LogP contribution in [-0.4, -0.2) is 37.4 Å². The molecule has 106 valence electrons. The van der Waals surface area contributed by atoms with Crippen molar-refractivity contribution in [2.45, 2.75) is 24.7 Å². The molecule has 1 N–H and O–H groups in total. The van der Waals surface area contributed by atoms with Gasteiger partial charge in [-0.3, -0.25) is 0 Å². The molecule has 1 saturated carbocycles. The summed E-state index contributed by atoms with van der Waals surface area (Å²) >= 11 is 0. The standard InChI is InChI=1S/C15H18N2O3/c18-14(17-6-1-7-17)16-9-15(4-5-15)11-2-3-12-13(8-11)20-10-19-12/h2-3,8H,1,4-7,9-10H2,(H,16,18). The number of carbonyl (C=O) groups is 1. The van der Waals surface area contributed by atoms with Crippen LogP contribution in [0.15, 0.2) is 18.2 Å². The van der Waals surface area contributed by atoms with E-state index in [4.69, 9.17) is 9.47 Å². The Kier molecular flexibility index (Phi) is 2.55. The fourth-order valence-corrected chi connectivity index (χ4v) is 2.82. The predicted molar refractivity (Wildman–Crippen MR) is 73.1 cm³/mol. The summed E-state index contributed by atoms with van der Waals surface area (Å²) in [4.78, 5) is 13.7. The number of carbonyl (C=O) groups excluding carboxylic acids is 1. The first-order chi connectivity index (χ1) is 9.77. The molecule has 4 rings (SSSR count). The van der Waals surface area contributed by atoms with Crippen LogP contribution in [0.2, 0.25) is 0 Å². The monoisotopic (exact) mass is 274 g/mol. The molecule has 2 heterocycles. The minimum Gasteiger partial charge on any atom is -0.454 e. The fourth-order valence-electron chi connectivity index (χ4n) is 2.82.